The Morgan fingerprint density at radius 2 is 1.87 bits per heavy atom. The molecule has 0 aromatic heterocycles. The van der Waals surface area contributed by atoms with Crippen LogP contribution in [-0.4, -0.2) is 44.8 Å². The zero-order valence-electron chi connectivity index (χ0n) is 17.7. The van der Waals surface area contributed by atoms with E-state index in [2.05, 4.69) is 17.0 Å². The summed E-state index contributed by atoms with van der Waals surface area (Å²) < 4.78 is 27.7. The Labute approximate surface area is 183 Å². The van der Waals surface area contributed by atoms with Gasteiger partial charge in [-0.1, -0.05) is 43.3 Å². The normalized spacial score (nSPS) is 16.7. The molecule has 1 aliphatic heterocycles. The molecule has 0 radical (unpaired) electrons. The minimum atomic E-state index is -3.76. The molecule has 0 bridgehead atoms. The summed E-state index contributed by atoms with van der Waals surface area (Å²) in [5, 5.41) is 2.72. The van der Waals surface area contributed by atoms with Crippen molar-refractivity contribution >= 4 is 21.8 Å². The van der Waals surface area contributed by atoms with Crippen LogP contribution in [0.4, 0.5) is 0 Å². The van der Waals surface area contributed by atoms with Gasteiger partial charge in [-0.05, 0) is 42.5 Å². The summed E-state index contributed by atoms with van der Waals surface area (Å²) in [6.07, 6.45) is 2.38. The SMILES string of the molecule is CC1CCCN(C(=O)CCNC(=O)c2cccc(S(=O)(=O)NCc3ccccc3)c2)C1. The lowest BCUT2D eigenvalue weighted by molar-refractivity contribution is -0.132. The lowest BCUT2D eigenvalue weighted by Gasteiger charge is -2.31. The Morgan fingerprint density at radius 1 is 1.10 bits per heavy atom. The Kier molecular flexibility index (Phi) is 7.81. The summed E-state index contributed by atoms with van der Waals surface area (Å²) in [4.78, 5) is 26.7. The number of rotatable bonds is 8. The fourth-order valence-corrected chi connectivity index (χ4v) is 4.68. The predicted octanol–water partition coefficient (Wildman–Crippen LogP) is 2.54. The second-order valence-electron chi connectivity index (χ2n) is 7.93. The lowest BCUT2D eigenvalue weighted by Crippen LogP contribution is -2.40. The van der Waals surface area contributed by atoms with Crippen molar-refractivity contribution in [2.75, 3.05) is 19.6 Å². The predicted molar refractivity (Wildman–Crippen MR) is 119 cm³/mol. The van der Waals surface area contributed by atoms with Crippen molar-refractivity contribution < 1.29 is 18.0 Å². The number of carbonyl (C=O) groups is 2. The maximum atomic E-state index is 12.6. The van der Waals surface area contributed by atoms with Crippen LogP contribution in [0.5, 0.6) is 0 Å². The average molecular weight is 444 g/mol. The van der Waals surface area contributed by atoms with Gasteiger partial charge in [-0.25, -0.2) is 13.1 Å². The summed E-state index contributed by atoms with van der Waals surface area (Å²) in [5.74, 6) is 0.140. The summed E-state index contributed by atoms with van der Waals surface area (Å²) in [6, 6.07) is 15.1. The number of nitrogens with one attached hydrogen (secondary N) is 2. The van der Waals surface area contributed by atoms with Crippen LogP contribution in [0.15, 0.2) is 59.5 Å². The summed E-state index contributed by atoms with van der Waals surface area (Å²) in [5.41, 5.74) is 1.08. The van der Waals surface area contributed by atoms with E-state index in [9.17, 15) is 18.0 Å². The Hall–Kier alpha value is -2.71. The first-order valence-electron chi connectivity index (χ1n) is 10.5. The van der Waals surface area contributed by atoms with Crippen LogP contribution in [-0.2, 0) is 21.4 Å². The van der Waals surface area contributed by atoms with Crippen LogP contribution in [0.3, 0.4) is 0 Å². The van der Waals surface area contributed by atoms with Crippen molar-refractivity contribution in [3.05, 3.63) is 65.7 Å². The molecule has 2 aromatic rings. The molecule has 2 amide bonds. The molecule has 8 heteroatoms. The van der Waals surface area contributed by atoms with Crippen LogP contribution in [0.2, 0.25) is 0 Å². The summed E-state index contributed by atoms with van der Waals surface area (Å²) >= 11 is 0. The van der Waals surface area contributed by atoms with Gasteiger partial charge in [-0.2, -0.15) is 0 Å². The largest absolute Gasteiger partial charge is 0.352 e. The number of sulfonamides is 1. The molecule has 2 aromatic carbocycles. The molecule has 0 spiro atoms. The second-order valence-corrected chi connectivity index (χ2v) is 9.70. The fourth-order valence-electron chi connectivity index (χ4n) is 3.62. The van der Waals surface area contributed by atoms with Crippen LogP contribution in [0.25, 0.3) is 0 Å². The zero-order valence-corrected chi connectivity index (χ0v) is 18.5. The minimum Gasteiger partial charge on any atom is -0.352 e. The maximum absolute atomic E-state index is 12.6. The molecule has 0 saturated carbocycles. The molecule has 1 heterocycles. The van der Waals surface area contributed by atoms with Crippen LogP contribution < -0.4 is 10.0 Å². The quantitative estimate of drug-likeness (QED) is 0.655. The molecule has 1 fully saturated rings. The lowest BCUT2D eigenvalue weighted by atomic mass is 10.00. The van der Waals surface area contributed by atoms with Gasteiger partial charge in [-0.15, -0.1) is 0 Å². The number of amides is 2. The van der Waals surface area contributed by atoms with E-state index >= 15 is 0 Å². The highest BCUT2D eigenvalue weighted by Crippen LogP contribution is 2.16. The molecule has 7 nitrogen and oxygen atoms in total. The average Bonchev–Trinajstić information content (AvgIpc) is 2.78. The highest BCUT2D eigenvalue weighted by atomic mass is 32.2. The highest BCUT2D eigenvalue weighted by Gasteiger charge is 2.21. The molecule has 166 valence electrons. The third-order valence-electron chi connectivity index (χ3n) is 5.35. The van der Waals surface area contributed by atoms with Gasteiger partial charge < -0.3 is 10.2 Å². The first kappa shape index (κ1) is 23.0. The van der Waals surface area contributed by atoms with E-state index in [0.29, 0.717) is 5.92 Å². The third kappa shape index (κ3) is 6.63. The molecule has 2 N–H and O–H groups in total. The standard InChI is InChI=1S/C23H29N3O4S/c1-18-7-6-14-26(17-18)22(27)12-13-24-23(28)20-10-5-11-21(15-20)31(29,30)25-16-19-8-3-2-4-9-19/h2-5,8-11,15,18,25H,6-7,12-14,16-17H2,1H3,(H,24,28). The van der Waals surface area contributed by atoms with Gasteiger partial charge >= 0.3 is 0 Å². The maximum Gasteiger partial charge on any atom is 0.251 e. The smallest absolute Gasteiger partial charge is 0.251 e. The van der Waals surface area contributed by atoms with Crippen molar-refractivity contribution in [1.82, 2.24) is 14.9 Å². The molecular formula is C23H29N3O4S. The Bertz CT molecular complexity index is 1010. The summed E-state index contributed by atoms with van der Waals surface area (Å²) in [6.45, 7) is 4.05. The number of likely N-dealkylation sites (tertiary alicyclic amines) is 1. The van der Waals surface area contributed by atoms with Crippen molar-refractivity contribution in [1.29, 1.82) is 0 Å². The van der Waals surface area contributed by atoms with Gasteiger partial charge in [0.1, 0.15) is 0 Å². The van der Waals surface area contributed by atoms with Crippen molar-refractivity contribution in [2.45, 2.75) is 37.6 Å². The van der Waals surface area contributed by atoms with E-state index in [1.165, 1.54) is 18.2 Å². The molecule has 1 unspecified atom stereocenters. The van der Waals surface area contributed by atoms with E-state index in [1.807, 2.05) is 35.2 Å². The molecule has 1 atom stereocenters. The van der Waals surface area contributed by atoms with Crippen molar-refractivity contribution in [3.8, 4) is 0 Å². The van der Waals surface area contributed by atoms with Crippen molar-refractivity contribution in [3.63, 3.8) is 0 Å². The van der Waals surface area contributed by atoms with Crippen LogP contribution in [0, 0.1) is 5.92 Å². The number of hydrogen-bond acceptors (Lipinski definition) is 4. The number of carbonyl (C=O) groups excluding carboxylic acids is 2. The molecule has 1 aliphatic rings. The van der Waals surface area contributed by atoms with Gasteiger partial charge in [0.25, 0.3) is 5.91 Å². The van der Waals surface area contributed by atoms with Crippen molar-refractivity contribution in [2.24, 2.45) is 5.92 Å². The van der Waals surface area contributed by atoms with E-state index in [1.54, 1.807) is 6.07 Å². The monoisotopic (exact) mass is 443 g/mol. The molecule has 3 rings (SSSR count). The zero-order chi connectivity index (χ0) is 22.3. The van der Waals surface area contributed by atoms with Crippen LogP contribution >= 0.6 is 0 Å². The van der Waals surface area contributed by atoms with Crippen LogP contribution in [0.1, 0.15) is 42.1 Å². The van der Waals surface area contributed by atoms with Gasteiger partial charge in [-0.3, -0.25) is 9.59 Å². The first-order valence-corrected chi connectivity index (χ1v) is 12.0. The van der Waals surface area contributed by atoms with Gasteiger partial charge in [0.15, 0.2) is 0 Å². The molecule has 0 aliphatic carbocycles. The Balaban J connectivity index is 1.53. The Morgan fingerprint density at radius 3 is 2.61 bits per heavy atom. The second kappa shape index (κ2) is 10.5. The molecular weight excluding hydrogens is 414 g/mol. The molecule has 31 heavy (non-hydrogen) atoms. The fraction of sp³-hybridized carbons (Fsp3) is 0.391. The van der Waals surface area contributed by atoms with Gasteiger partial charge in [0.05, 0.1) is 4.90 Å². The third-order valence-corrected chi connectivity index (χ3v) is 6.75. The van der Waals surface area contributed by atoms with E-state index in [0.717, 1.165) is 31.5 Å². The van der Waals surface area contributed by atoms with E-state index < -0.39 is 15.9 Å². The topological polar surface area (TPSA) is 95.6 Å². The summed E-state index contributed by atoms with van der Waals surface area (Å²) in [7, 11) is -3.76. The number of hydrogen-bond donors (Lipinski definition) is 2. The highest BCUT2D eigenvalue weighted by molar-refractivity contribution is 7.89. The number of piperidine rings is 1. The number of nitrogens with zero attached hydrogens (tertiary/aromatic N) is 1. The van der Waals surface area contributed by atoms with E-state index in [4.69, 9.17) is 0 Å². The van der Waals surface area contributed by atoms with Gasteiger partial charge in [0, 0.05) is 38.2 Å². The van der Waals surface area contributed by atoms with E-state index in [-0.39, 0.29) is 35.9 Å². The first-order chi connectivity index (χ1) is 14.8. The molecule has 1 saturated heterocycles. The van der Waals surface area contributed by atoms with Gasteiger partial charge in [0.2, 0.25) is 15.9 Å². The number of benzene rings is 2. The minimum absolute atomic E-state index is 0.0226.